The summed E-state index contributed by atoms with van der Waals surface area (Å²) in [4.78, 5) is 0. The molecule has 1 aromatic carbocycles. The highest BCUT2D eigenvalue weighted by molar-refractivity contribution is 6.30. The number of rotatable bonds is 2. The van der Waals surface area contributed by atoms with Crippen LogP contribution in [0.3, 0.4) is 0 Å². The van der Waals surface area contributed by atoms with Gasteiger partial charge in [-0.05, 0) is 30.2 Å². The topological polar surface area (TPSA) is 20.2 Å². The van der Waals surface area contributed by atoms with E-state index in [1.807, 2.05) is 0 Å². The fourth-order valence-electron chi connectivity index (χ4n) is 1.10. The van der Waals surface area contributed by atoms with E-state index in [1.54, 1.807) is 25.1 Å². The molecule has 1 N–H and O–H groups in total. The molecule has 1 nitrogen and oxygen atoms in total. The average Bonchev–Trinajstić information content (AvgIpc) is 2.03. The summed E-state index contributed by atoms with van der Waals surface area (Å²) in [7, 11) is 0. The monoisotopic (exact) mass is 188 g/mol. The molecule has 66 valence electrons. The largest absolute Gasteiger partial charge is 0.386 e. The number of aliphatic hydroxyl groups is 1. The third-order valence-electron chi connectivity index (χ3n) is 1.74. The van der Waals surface area contributed by atoms with Crippen LogP contribution in [0.2, 0.25) is 5.02 Å². The summed E-state index contributed by atoms with van der Waals surface area (Å²) in [6, 6.07) is 4.99. The molecule has 0 aromatic heterocycles. The Morgan fingerprint density at radius 1 is 1.58 bits per heavy atom. The normalized spacial score (nSPS) is 13.0. The maximum atomic E-state index is 12.1. The predicted octanol–water partition coefficient (Wildman–Crippen LogP) is 2.65. The standard InChI is InChI=1S/C9H10ClFO/c1-6-4-7(10)2-3-8(6)9(12)5-11/h2-4,9,12H,5H2,1H3. The maximum absolute atomic E-state index is 12.1. The fourth-order valence-corrected chi connectivity index (χ4v) is 1.32. The number of aliphatic hydroxyl groups excluding tert-OH is 1. The van der Waals surface area contributed by atoms with Crippen LogP contribution >= 0.6 is 11.6 Å². The van der Waals surface area contributed by atoms with Crippen molar-refractivity contribution in [2.24, 2.45) is 0 Å². The van der Waals surface area contributed by atoms with Crippen molar-refractivity contribution in [2.45, 2.75) is 13.0 Å². The first-order valence-electron chi connectivity index (χ1n) is 3.65. The van der Waals surface area contributed by atoms with Gasteiger partial charge in [-0.15, -0.1) is 0 Å². The van der Waals surface area contributed by atoms with Gasteiger partial charge in [0.15, 0.2) is 0 Å². The lowest BCUT2D eigenvalue weighted by Gasteiger charge is -2.09. The van der Waals surface area contributed by atoms with Gasteiger partial charge < -0.3 is 5.11 Å². The van der Waals surface area contributed by atoms with Crippen LogP contribution in [0.5, 0.6) is 0 Å². The number of benzene rings is 1. The van der Waals surface area contributed by atoms with Crippen LogP contribution in [0.1, 0.15) is 17.2 Å². The van der Waals surface area contributed by atoms with Crippen LogP contribution in [-0.4, -0.2) is 11.8 Å². The van der Waals surface area contributed by atoms with Crippen LogP contribution in [0.15, 0.2) is 18.2 Å². The van der Waals surface area contributed by atoms with Gasteiger partial charge in [-0.1, -0.05) is 17.7 Å². The van der Waals surface area contributed by atoms with Crippen molar-refractivity contribution in [3.63, 3.8) is 0 Å². The zero-order valence-corrected chi connectivity index (χ0v) is 7.48. The van der Waals surface area contributed by atoms with Crippen molar-refractivity contribution in [1.29, 1.82) is 0 Å². The highest BCUT2D eigenvalue weighted by Gasteiger charge is 2.09. The van der Waals surface area contributed by atoms with Gasteiger partial charge in [0.05, 0.1) is 0 Å². The SMILES string of the molecule is Cc1cc(Cl)ccc1C(O)CF. The van der Waals surface area contributed by atoms with Gasteiger partial charge in [-0.2, -0.15) is 0 Å². The zero-order valence-electron chi connectivity index (χ0n) is 6.72. The third kappa shape index (κ3) is 1.96. The van der Waals surface area contributed by atoms with E-state index in [-0.39, 0.29) is 0 Å². The molecule has 0 heterocycles. The van der Waals surface area contributed by atoms with Crippen LogP contribution in [0, 0.1) is 6.92 Å². The summed E-state index contributed by atoms with van der Waals surface area (Å²) in [5.41, 5.74) is 1.41. The molecule has 1 aromatic rings. The van der Waals surface area contributed by atoms with Crippen LogP contribution in [0.25, 0.3) is 0 Å². The summed E-state index contributed by atoms with van der Waals surface area (Å²) < 4.78 is 12.1. The summed E-state index contributed by atoms with van der Waals surface area (Å²) in [6.45, 7) is 1.03. The molecule has 0 amide bonds. The Hall–Kier alpha value is -0.600. The van der Waals surface area contributed by atoms with Crippen LogP contribution in [0.4, 0.5) is 4.39 Å². The minimum atomic E-state index is -1.03. The predicted molar refractivity (Wildman–Crippen MR) is 47.1 cm³/mol. The number of halogens is 2. The van der Waals surface area contributed by atoms with Gasteiger partial charge in [0, 0.05) is 5.02 Å². The second kappa shape index (κ2) is 3.87. The van der Waals surface area contributed by atoms with E-state index < -0.39 is 12.8 Å². The fraction of sp³-hybridized carbons (Fsp3) is 0.333. The molecule has 0 saturated heterocycles. The third-order valence-corrected chi connectivity index (χ3v) is 1.97. The van der Waals surface area contributed by atoms with Crippen molar-refractivity contribution in [1.82, 2.24) is 0 Å². The van der Waals surface area contributed by atoms with Gasteiger partial charge >= 0.3 is 0 Å². The van der Waals surface area contributed by atoms with E-state index in [9.17, 15) is 9.50 Å². The quantitative estimate of drug-likeness (QED) is 0.757. The first-order chi connectivity index (χ1) is 5.65. The number of hydrogen-bond acceptors (Lipinski definition) is 1. The molecule has 0 aliphatic rings. The van der Waals surface area contributed by atoms with Gasteiger partial charge in [-0.3, -0.25) is 0 Å². The second-order valence-electron chi connectivity index (χ2n) is 2.67. The Balaban J connectivity index is 3.01. The van der Waals surface area contributed by atoms with E-state index in [1.165, 1.54) is 0 Å². The molecule has 0 aliphatic carbocycles. The Labute approximate surface area is 75.8 Å². The minimum Gasteiger partial charge on any atom is -0.386 e. The van der Waals surface area contributed by atoms with Crippen molar-refractivity contribution in [3.8, 4) is 0 Å². The summed E-state index contributed by atoms with van der Waals surface area (Å²) >= 11 is 5.69. The molecule has 3 heteroatoms. The molecule has 0 bridgehead atoms. The zero-order chi connectivity index (χ0) is 9.14. The molecular formula is C9H10ClFO. The van der Waals surface area contributed by atoms with Crippen molar-refractivity contribution in [3.05, 3.63) is 34.3 Å². The Morgan fingerprint density at radius 3 is 2.75 bits per heavy atom. The molecule has 0 aliphatic heterocycles. The van der Waals surface area contributed by atoms with Gasteiger partial charge in [0.25, 0.3) is 0 Å². The van der Waals surface area contributed by atoms with Crippen molar-refractivity contribution >= 4 is 11.6 Å². The van der Waals surface area contributed by atoms with E-state index in [2.05, 4.69) is 0 Å². The Bertz CT molecular complexity index is 275. The molecule has 0 radical (unpaired) electrons. The highest BCUT2D eigenvalue weighted by Crippen LogP contribution is 2.21. The van der Waals surface area contributed by atoms with E-state index in [4.69, 9.17) is 11.6 Å². The van der Waals surface area contributed by atoms with E-state index in [0.717, 1.165) is 5.56 Å². The van der Waals surface area contributed by atoms with Gasteiger partial charge in [-0.25, -0.2) is 4.39 Å². The average molecular weight is 189 g/mol. The van der Waals surface area contributed by atoms with Gasteiger partial charge in [0.2, 0.25) is 0 Å². The summed E-state index contributed by atoms with van der Waals surface area (Å²) in [6.07, 6.45) is -1.03. The Morgan fingerprint density at radius 2 is 2.25 bits per heavy atom. The second-order valence-corrected chi connectivity index (χ2v) is 3.11. The first kappa shape index (κ1) is 9.49. The van der Waals surface area contributed by atoms with Crippen molar-refractivity contribution in [2.75, 3.05) is 6.67 Å². The molecular weight excluding hydrogens is 179 g/mol. The van der Waals surface area contributed by atoms with E-state index >= 15 is 0 Å². The molecule has 1 unspecified atom stereocenters. The molecule has 1 atom stereocenters. The first-order valence-corrected chi connectivity index (χ1v) is 4.03. The highest BCUT2D eigenvalue weighted by atomic mass is 35.5. The molecule has 1 rings (SSSR count). The molecule has 12 heavy (non-hydrogen) atoms. The van der Waals surface area contributed by atoms with Gasteiger partial charge in [0.1, 0.15) is 12.8 Å². The smallest absolute Gasteiger partial charge is 0.119 e. The number of hydrogen-bond donors (Lipinski definition) is 1. The van der Waals surface area contributed by atoms with Crippen molar-refractivity contribution < 1.29 is 9.50 Å². The molecule has 0 saturated carbocycles. The lowest BCUT2D eigenvalue weighted by Crippen LogP contribution is -2.01. The minimum absolute atomic E-state index is 0.599. The van der Waals surface area contributed by atoms with Crippen LogP contribution in [-0.2, 0) is 0 Å². The number of alkyl halides is 1. The molecule has 0 spiro atoms. The lowest BCUT2D eigenvalue weighted by atomic mass is 10.0. The van der Waals surface area contributed by atoms with E-state index in [0.29, 0.717) is 10.6 Å². The maximum Gasteiger partial charge on any atom is 0.119 e. The number of aryl methyl sites for hydroxylation is 1. The summed E-state index contributed by atoms with van der Waals surface area (Å²) in [5, 5.41) is 9.78. The molecule has 0 fully saturated rings. The Kier molecular flexibility index (Phi) is 3.06. The summed E-state index contributed by atoms with van der Waals surface area (Å²) in [5.74, 6) is 0. The van der Waals surface area contributed by atoms with Crippen LogP contribution < -0.4 is 0 Å². The lowest BCUT2D eigenvalue weighted by molar-refractivity contribution is 0.141.